The molecule has 0 aliphatic heterocycles. The standard InChI is InChI=1S/C13H21N3O/c1-4-5-16(6-7-17-3)13-9-12(10-14)8-11(2)15-13/h4,8-9H,1,5-7,10,14H2,2-3H3. The van der Waals surface area contributed by atoms with Crippen LogP contribution in [0, 0.1) is 6.92 Å². The smallest absolute Gasteiger partial charge is 0.129 e. The number of aromatic nitrogens is 1. The fraction of sp³-hybridized carbons (Fsp3) is 0.462. The first-order valence-electron chi connectivity index (χ1n) is 5.73. The van der Waals surface area contributed by atoms with Gasteiger partial charge in [0.2, 0.25) is 0 Å². The Morgan fingerprint density at radius 1 is 1.53 bits per heavy atom. The van der Waals surface area contributed by atoms with Crippen LogP contribution in [0.1, 0.15) is 11.3 Å². The van der Waals surface area contributed by atoms with Gasteiger partial charge in [0, 0.05) is 32.4 Å². The lowest BCUT2D eigenvalue weighted by Gasteiger charge is -2.22. The van der Waals surface area contributed by atoms with E-state index in [4.69, 9.17) is 10.5 Å². The molecular formula is C13H21N3O. The van der Waals surface area contributed by atoms with Crippen LogP contribution >= 0.6 is 0 Å². The third-order valence-electron chi connectivity index (χ3n) is 2.47. The predicted octanol–water partition coefficient (Wildman–Crippen LogP) is 1.49. The summed E-state index contributed by atoms with van der Waals surface area (Å²) < 4.78 is 5.10. The zero-order valence-corrected chi connectivity index (χ0v) is 10.6. The Kier molecular flexibility index (Phi) is 5.66. The van der Waals surface area contributed by atoms with Crippen molar-refractivity contribution in [3.63, 3.8) is 0 Å². The molecule has 0 spiro atoms. The van der Waals surface area contributed by atoms with Crippen molar-refractivity contribution in [3.05, 3.63) is 36.0 Å². The molecule has 4 nitrogen and oxygen atoms in total. The summed E-state index contributed by atoms with van der Waals surface area (Å²) in [4.78, 5) is 6.65. The Morgan fingerprint density at radius 2 is 2.29 bits per heavy atom. The van der Waals surface area contributed by atoms with E-state index in [1.165, 1.54) is 0 Å². The molecule has 0 radical (unpaired) electrons. The van der Waals surface area contributed by atoms with Crippen molar-refractivity contribution >= 4 is 5.82 Å². The minimum absolute atomic E-state index is 0.530. The van der Waals surface area contributed by atoms with Crippen molar-refractivity contribution in [2.24, 2.45) is 5.73 Å². The van der Waals surface area contributed by atoms with Crippen molar-refractivity contribution in [2.45, 2.75) is 13.5 Å². The summed E-state index contributed by atoms with van der Waals surface area (Å²) in [5, 5.41) is 0. The van der Waals surface area contributed by atoms with Crippen molar-refractivity contribution in [3.8, 4) is 0 Å². The molecule has 1 rings (SSSR count). The first-order chi connectivity index (χ1) is 8.21. The number of methoxy groups -OCH3 is 1. The van der Waals surface area contributed by atoms with Gasteiger partial charge in [0.15, 0.2) is 0 Å². The summed E-state index contributed by atoms with van der Waals surface area (Å²) >= 11 is 0. The maximum atomic E-state index is 5.67. The van der Waals surface area contributed by atoms with Gasteiger partial charge in [0.25, 0.3) is 0 Å². The maximum absolute atomic E-state index is 5.67. The molecule has 1 heterocycles. The minimum Gasteiger partial charge on any atom is -0.383 e. The highest BCUT2D eigenvalue weighted by Crippen LogP contribution is 2.14. The molecule has 0 atom stereocenters. The van der Waals surface area contributed by atoms with Gasteiger partial charge in [0.05, 0.1) is 6.61 Å². The second kappa shape index (κ2) is 7.04. The molecular weight excluding hydrogens is 214 g/mol. The summed E-state index contributed by atoms with van der Waals surface area (Å²) in [6.07, 6.45) is 1.86. The summed E-state index contributed by atoms with van der Waals surface area (Å²) in [5.41, 5.74) is 7.75. The van der Waals surface area contributed by atoms with E-state index in [2.05, 4.69) is 16.5 Å². The highest BCUT2D eigenvalue weighted by atomic mass is 16.5. The molecule has 0 fully saturated rings. The fourth-order valence-electron chi connectivity index (χ4n) is 1.66. The number of aryl methyl sites for hydroxylation is 1. The summed E-state index contributed by atoms with van der Waals surface area (Å²) in [6, 6.07) is 4.03. The van der Waals surface area contributed by atoms with Gasteiger partial charge in [0.1, 0.15) is 5.82 Å². The Labute approximate surface area is 103 Å². The molecule has 0 aliphatic carbocycles. The number of anilines is 1. The molecule has 1 aromatic rings. The molecule has 0 saturated carbocycles. The van der Waals surface area contributed by atoms with Gasteiger partial charge in [-0.05, 0) is 24.6 Å². The van der Waals surface area contributed by atoms with Crippen LogP contribution in [0.3, 0.4) is 0 Å². The largest absolute Gasteiger partial charge is 0.383 e. The third kappa shape index (κ3) is 4.17. The zero-order valence-electron chi connectivity index (χ0n) is 10.6. The van der Waals surface area contributed by atoms with Gasteiger partial charge in [-0.25, -0.2) is 4.98 Å². The van der Waals surface area contributed by atoms with Gasteiger partial charge >= 0.3 is 0 Å². The Hall–Kier alpha value is -1.39. The number of hydrogen-bond donors (Lipinski definition) is 1. The van der Waals surface area contributed by atoms with E-state index in [0.29, 0.717) is 13.2 Å². The SMILES string of the molecule is C=CCN(CCOC)c1cc(CN)cc(C)n1. The average Bonchev–Trinajstić information content (AvgIpc) is 2.33. The Balaban J connectivity index is 2.91. The molecule has 0 bridgehead atoms. The molecule has 0 amide bonds. The predicted molar refractivity (Wildman–Crippen MR) is 71.2 cm³/mol. The van der Waals surface area contributed by atoms with Gasteiger partial charge in [-0.3, -0.25) is 0 Å². The second-order valence-electron chi connectivity index (χ2n) is 3.91. The number of nitrogens with zero attached hydrogens (tertiary/aromatic N) is 2. The quantitative estimate of drug-likeness (QED) is 0.727. The van der Waals surface area contributed by atoms with Crippen LogP contribution in [0.2, 0.25) is 0 Å². The molecule has 0 saturated heterocycles. The van der Waals surface area contributed by atoms with E-state index >= 15 is 0 Å². The van der Waals surface area contributed by atoms with Crippen LogP contribution in [-0.2, 0) is 11.3 Å². The molecule has 0 aromatic carbocycles. The molecule has 1 aromatic heterocycles. The first-order valence-corrected chi connectivity index (χ1v) is 5.73. The third-order valence-corrected chi connectivity index (χ3v) is 2.47. The lowest BCUT2D eigenvalue weighted by molar-refractivity contribution is 0.205. The number of hydrogen-bond acceptors (Lipinski definition) is 4. The summed E-state index contributed by atoms with van der Waals surface area (Å²) in [7, 11) is 1.70. The molecule has 0 unspecified atom stereocenters. The molecule has 0 aliphatic rings. The van der Waals surface area contributed by atoms with Crippen LogP contribution in [0.5, 0.6) is 0 Å². The Bertz CT molecular complexity index is 366. The molecule has 2 N–H and O–H groups in total. The lowest BCUT2D eigenvalue weighted by atomic mass is 10.2. The number of pyridine rings is 1. The van der Waals surface area contributed by atoms with Gasteiger partial charge in [-0.15, -0.1) is 6.58 Å². The molecule has 94 valence electrons. The van der Waals surface area contributed by atoms with E-state index in [1.54, 1.807) is 7.11 Å². The number of rotatable bonds is 7. The topological polar surface area (TPSA) is 51.4 Å². The highest BCUT2D eigenvalue weighted by molar-refractivity contribution is 5.43. The van der Waals surface area contributed by atoms with Crippen molar-refractivity contribution < 1.29 is 4.74 Å². The van der Waals surface area contributed by atoms with Crippen LogP contribution in [0.4, 0.5) is 5.82 Å². The van der Waals surface area contributed by atoms with Crippen LogP contribution in [-0.4, -0.2) is 31.8 Å². The maximum Gasteiger partial charge on any atom is 0.129 e. The van der Waals surface area contributed by atoms with Crippen molar-refractivity contribution in [1.82, 2.24) is 4.98 Å². The summed E-state index contributed by atoms with van der Waals surface area (Å²) in [5.74, 6) is 0.933. The fourth-order valence-corrected chi connectivity index (χ4v) is 1.66. The van der Waals surface area contributed by atoms with E-state index in [-0.39, 0.29) is 0 Å². The van der Waals surface area contributed by atoms with Crippen LogP contribution in [0.15, 0.2) is 24.8 Å². The number of nitrogens with two attached hydrogens (primary N) is 1. The molecule has 4 heteroatoms. The monoisotopic (exact) mass is 235 g/mol. The lowest BCUT2D eigenvalue weighted by Crippen LogP contribution is -2.28. The van der Waals surface area contributed by atoms with Gasteiger partial charge in [-0.1, -0.05) is 6.08 Å². The zero-order chi connectivity index (χ0) is 12.7. The Morgan fingerprint density at radius 3 is 2.88 bits per heavy atom. The highest BCUT2D eigenvalue weighted by Gasteiger charge is 2.07. The van der Waals surface area contributed by atoms with Crippen molar-refractivity contribution in [2.75, 3.05) is 31.7 Å². The minimum atomic E-state index is 0.530. The van der Waals surface area contributed by atoms with E-state index in [1.807, 2.05) is 25.1 Å². The van der Waals surface area contributed by atoms with Gasteiger partial charge in [-0.2, -0.15) is 0 Å². The van der Waals surface area contributed by atoms with Crippen molar-refractivity contribution in [1.29, 1.82) is 0 Å². The second-order valence-corrected chi connectivity index (χ2v) is 3.91. The van der Waals surface area contributed by atoms with E-state index < -0.39 is 0 Å². The summed E-state index contributed by atoms with van der Waals surface area (Å²) in [6.45, 7) is 8.49. The molecule has 17 heavy (non-hydrogen) atoms. The normalized spacial score (nSPS) is 10.3. The van der Waals surface area contributed by atoms with E-state index in [9.17, 15) is 0 Å². The average molecular weight is 235 g/mol. The van der Waals surface area contributed by atoms with Crippen LogP contribution in [0.25, 0.3) is 0 Å². The first kappa shape index (κ1) is 13.7. The number of ether oxygens (including phenoxy) is 1. The van der Waals surface area contributed by atoms with Crippen LogP contribution < -0.4 is 10.6 Å². The van der Waals surface area contributed by atoms with E-state index in [0.717, 1.165) is 30.2 Å². The van der Waals surface area contributed by atoms with Gasteiger partial charge < -0.3 is 15.4 Å².